The first-order valence-corrected chi connectivity index (χ1v) is 10.3. The number of hydrogen-bond donors (Lipinski definition) is 4. The molecular weight excluding hydrogens is 396 g/mol. The van der Waals surface area contributed by atoms with E-state index in [9.17, 15) is 28.6 Å². The Morgan fingerprint density at radius 2 is 2.07 bits per heavy atom. The van der Waals surface area contributed by atoms with Crippen molar-refractivity contribution in [3.63, 3.8) is 0 Å². The number of carbonyl (C=O) groups excluding carboxylic acids is 2. The van der Waals surface area contributed by atoms with Gasteiger partial charge in [-0.25, -0.2) is 13.6 Å². The summed E-state index contributed by atoms with van der Waals surface area (Å²) < 4.78 is 26.3. The second-order valence-electron chi connectivity index (χ2n) is 9.43. The molecule has 2 aliphatic carbocycles. The summed E-state index contributed by atoms with van der Waals surface area (Å²) in [5, 5.41) is 27.4. The van der Waals surface area contributed by atoms with Crippen molar-refractivity contribution in [2.24, 2.45) is 5.92 Å². The van der Waals surface area contributed by atoms with E-state index in [0.29, 0.717) is 18.5 Å². The Morgan fingerprint density at radius 3 is 2.73 bits per heavy atom. The Labute approximate surface area is 172 Å². The fourth-order valence-electron chi connectivity index (χ4n) is 6.83. The molecule has 1 spiro atoms. The average Bonchev–Trinajstić information content (AvgIpc) is 3.02. The fraction of sp³-hybridized carbons (Fsp3) is 0.619. The molecule has 0 bridgehead atoms. The molecule has 162 valence electrons. The fourth-order valence-corrected chi connectivity index (χ4v) is 6.83. The third kappa shape index (κ3) is 2.42. The van der Waals surface area contributed by atoms with Crippen molar-refractivity contribution in [2.75, 3.05) is 13.1 Å². The number of phenolic OH excluding ortho intramolecular Hbond substituents is 1. The number of likely N-dealkylation sites (tertiary alicyclic amines) is 1. The molecule has 0 radical (unpaired) electrons. The minimum absolute atomic E-state index is 0.00538. The molecule has 4 aliphatic rings. The number of imide groups is 1. The Morgan fingerprint density at radius 1 is 1.30 bits per heavy atom. The van der Waals surface area contributed by atoms with E-state index in [-0.39, 0.29) is 30.9 Å². The zero-order chi connectivity index (χ0) is 21.5. The summed E-state index contributed by atoms with van der Waals surface area (Å²) in [5.41, 5.74) is -1.89. The minimum atomic E-state index is -2.50. The van der Waals surface area contributed by atoms with Crippen LogP contribution >= 0.6 is 0 Å². The van der Waals surface area contributed by atoms with Crippen LogP contribution in [0.5, 0.6) is 5.75 Å². The lowest BCUT2D eigenvalue weighted by Gasteiger charge is -2.57. The number of aliphatic hydroxyl groups is 1. The van der Waals surface area contributed by atoms with Crippen molar-refractivity contribution >= 4 is 11.9 Å². The number of alkyl halides is 2. The molecular formula is C21H25F2N3O4. The van der Waals surface area contributed by atoms with E-state index < -0.39 is 47.5 Å². The van der Waals surface area contributed by atoms with Gasteiger partial charge in [-0.3, -0.25) is 15.0 Å². The van der Waals surface area contributed by atoms with E-state index in [1.807, 2.05) is 6.92 Å². The van der Waals surface area contributed by atoms with E-state index in [2.05, 4.69) is 10.6 Å². The van der Waals surface area contributed by atoms with Crippen molar-refractivity contribution in [3.05, 3.63) is 29.3 Å². The summed E-state index contributed by atoms with van der Waals surface area (Å²) in [5.74, 6) is -0.378. The number of halogens is 2. The molecule has 5 atom stereocenters. The SMILES string of the molecule is Cc1ccc(O)cc1[C@]12CC3CN(CC(F)F)[C@H]3C1(O)CC[C@@]1(C2)NC(=O)NC1=O. The first kappa shape index (κ1) is 19.7. The molecule has 7 nitrogen and oxygen atoms in total. The first-order chi connectivity index (χ1) is 14.1. The maximum atomic E-state index is 13.1. The molecule has 0 aromatic heterocycles. The predicted octanol–water partition coefficient (Wildman–Crippen LogP) is 1.40. The zero-order valence-electron chi connectivity index (χ0n) is 16.6. The smallest absolute Gasteiger partial charge is 0.322 e. The highest BCUT2D eigenvalue weighted by molar-refractivity contribution is 6.07. The van der Waals surface area contributed by atoms with Crippen LogP contribution in [0.3, 0.4) is 0 Å². The number of carbonyl (C=O) groups is 2. The van der Waals surface area contributed by atoms with Gasteiger partial charge in [-0.1, -0.05) is 6.07 Å². The topological polar surface area (TPSA) is 102 Å². The second-order valence-corrected chi connectivity index (χ2v) is 9.43. The molecule has 3 amide bonds. The number of aryl methyl sites for hydroxylation is 1. The van der Waals surface area contributed by atoms with Gasteiger partial charge in [-0.2, -0.15) is 0 Å². The standard InChI is InChI=1S/C21H25F2N3O4/c1-11-2-3-13(27)6-14(11)19-7-12-8-26(9-15(22)23)16(12)21(19,30)5-4-20(10-19)17(28)24-18(29)25-20/h2-3,6,12,15-16,27,30H,4-5,7-10H2,1H3,(H2,24,25,28,29)/t12?,16-,19-,20+,21?/m1/s1. The average molecular weight is 421 g/mol. The van der Waals surface area contributed by atoms with Crippen molar-refractivity contribution in [2.45, 2.75) is 61.6 Å². The second kappa shape index (κ2) is 6.13. The summed E-state index contributed by atoms with van der Waals surface area (Å²) in [6.07, 6.45) is -1.41. The van der Waals surface area contributed by atoms with Crippen LogP contribution in [-0.2, 0) is 10.2 Å². The highest BCUT2D eigenvalue weighted by atomic mass is 19.3. The Bertz CT molecular complexity index is 943. The lowest BCUT2D eigenvalue weighted by Crippen LogP contribution is -2.70. The van der Waals surface area contributed by atoms with Crippen LogP contribution in [0.2, 0.25) is 0 Å². The number of aromatic hydroxyl groups is 1. The molecule has 1 aromatic rings. The number of urea groups is 1. The van der Waals surface area contributed by atoms with Gasteiger partial charge in [0.2, 0.25) is 0 Å². The molecule has 2 heterocycles. The molecule has 4 N–H and O–H groups in total. The normalized spacial score (nSPS) is 40.2. The van der Waals surface area contributed by atoms with Crippen LogP contribution in [0, 0.1) is 12.8 Å². The molecule has 5 rings (SSSR count). The summed E-state index contributed by atoms with van der Waals surface area (Å²) in [4.78, 5) is 26.3. The molecule has 30 heavy (non-hydrogen) atoms. The van der Waals surface area contributed by atoms with E-state index in [0.717, 1.165) is 5.56 Å². The van der Waals surface area contributed by atoms with Gasteiger partial charge < -0.3 is 15.5 Å². The lowest BCUT2D eigenvalue weighted by molar-refractivity contribution is -0.153. The number of fused-ring (bicyclic) bond motifs is 3. The molecule has 9 heteroatoms. The van der Waals surface area contributed by atoms with Crippen molar-refractivity contribution < 1.29 is 28.6 Å². The van der Waals surface area contributed by atoms with Crippen LogP contribution in [0.25, 0.3) is 0 Å². The molecule has 2 aliphatic heterocycles. The van der Waals surface area contributed by atoms with Crippen molar-refractivity contribution in [1.29, 1.82) is 0 Å². The highest BCUT2D eigenvalue weighted by Gasteiger charge is 2.74. The van der Waals surface area contributed by atoms with E-state index >= 15 is 0 Å². The van der Waals surface area contributed by atoms with Crippen molar-refractivity contribution in [1.82, 2.24) is 15.5 Å². The molecule has 2 saturated carbocycles. The van der Waals surface area contributed by atoms with Crippen LogP contribution in [0.15, 0.2) is 18.2 Å². The van der Waals surface area contributed by atoms with Crippen LogP contribution in [-0.4, -0.2) is 63.7 Å². The number of benzene rings is 1. The maximum Gasteiger partial charge on any atom is 0.322 e. The van der Waals surface area contributed by atoms with E-state index in [4.69, 9.17) is 0 Å². The van der Waals surface area contributed by atoms with Crippen LogP contribution < -0.4 is 10.6 Å². The first-order valence-electron chi connectivity index (χ1n) is 10.3. The van der Waals surface area contributed by atoms with Gasteiger partial charge in [-0.05, 0) is 61.8 Å². The predicted molar refractivity (Wildman–Crippen MR) is 102 cm³/mol. The van der Waals surface area contributed by atoms with Crippen molar-refractivity contribution in [3.8, 4) is 5.75 Å². The molecule has 1 aromatic carbocycles. The third-order valence-electron chi connectivity index (χ3n) is 7.90. The Hall–Kier alpha value is -2.26. The van der Waals surface area contributed by atoms with Gasteiger partial charge in [0.25, 0.3) is 12.3 Å². The van der Waals surface area contributed by atoms with Gasteiger partial charge in [-0.15, -0.1) is 0 Å². The van der Waals surface area contributed by atoms with Gasteiger partial charge in [0, 0.05) is 18.0 Å². The Kier molecular flexibility index (Phi) is 4.03. The largest absolute Gasteiger partial charge is 0.508 e. The summed E-state index contributed by atoms with van der Waals surface area (Å²) >= 11 is 0. The maximum absolute atomic E-state index is 13.1. The zero-order valence-corrected chi connectivity index (χ0v) is 16.6. The number of amides is 3. The lowest BCUT2D eigenvalue weighted by atomic mass is 9.55. The van der Waals surface area contributed by atoms with Crippen LogP contribution in [0.4, 0.5) is 13.6 Å². The summed E-state index contributed by atoms with van der Waals surface area (Å²) in [6.45, 7) is 1.93. The monoisotopic (exact) mass is 421 g/mol. The van der Waals surface area contributed by atoms with E-state index in [1.165, 1.54) is 0 Å². The minimum Gasteiger partial charge on any atom is -0.508 e. The van der Waals surface area contributed by atoms with Gasteiger partial charge in [0.1, 0.15) is 11.3 Å². The van der Waals surface area contributed by atoms with Crippen LogP contribution in [0.1, 0.15) is 36.8 Å². The number of phenols is 1. The quantitative estimate of drug-likeness (QED) is 0.553. The Balaban J connectivity index is 1.64. The summed E-state index contributed by atoms with van der Waals surface area (Å²) in [6, 6.07) is 3.92. The van der Waals surface area contributed by atoms with Gasteiger partial charge in [0.05, 0.1) is 12.1 Å². The number of hydrogen-bond acceptors (Lipinski definition) is 5. The summed E-state index contributed by atoms with van der Waals surface area (Å²) in [7, 11) is 0. The number of rotatable bonds is 3. The van der Waals surface area contributed by atoms with E-state index in [1.54, 1.807) is 23.1 Å². The highest BCUT2D eigenvalue weighted by Crippen LogP contribution is 2.65. The van der Waals surface area contributed by atoms with Gasteiger partial charge >= 0.3 is 6.03 Å². The number of nitrogens with zero attached hydrogens (tertiary/aromatic N) is 1. The molecule has 2 saturated heterocycles. The number of nitrogens with one attached hydrogen (secondary N) is 2. The third-order valence-corrected chi connectivity index (χ3v) is 7.90. The van der Waals surface area contributed by atoms with Gasteiger partial charge in [0.15, 0.2) is 0 Å². The molecule has 4 fully saturated rings. The molecule has 2 unspecified atom stereocenters.